The van der Waals surface area contributed by atoms with Gasteiger partial charge in [0.15, 0.2) is 0 Å². The highest BCUT2D eigenvalue weighted by molar-refractivity contribution is 5.48. The van der Waals surface area contributed by atoms with Crippen molar-refractivity contribution in [1.29, 1.82) is 0 Å². The fraction of sp³-hybridized carbons (Fsp3) is 0.647. The van der Waals surface area contributed by atoms with E-state index in [4.69, 9.17) is 5.73 Å². The molecule has 2 heteroatoms. The summed E-state index contributed by atoms with van der Waals surface area (Å²) in [5.41, 5.74) is 8.62. The molecule has 1 aromatic carbocycles. The maximum atomic E-state index is 6.07. The first-order valence-electron chi connectivity index (χ1n) is 7.54. The van der Waals surface area contributed by atoms with Gasteiger partial charge in [0.05, 0.1) is 0 Å². The van der Waals surface area contributed by atoms with Gasteiger partial charge in [-0.05, 0) is 36.0 Å². The second-order valence-corrected chi connectivity index (χ2v) is 6.30. The van der Waals surface area contributed by atoms with E-state index in [9.17, 15) is 0 Å². The fourth-order valence-corrected chi connectivity index (χ4v) is 2.33. The van der Waals surface area contributed by atoms with E-state index < -0.39 is 0 Å². The lowest BCUT2D eigenvalue weighted by Gasteiger charge is -2.29. The Morgan fingerprint density at radius 1 is 0.947 bits per heavy atom. The smallest absolute Gasteiger partial charge is 0.0366 e. The Morgan fingerprint density at radius 2 is 1.42 bits per heavy atom. The molecular weight excluding hydrogens is 232 g/mol. The molecular formula is C17H30N2. The largest absolute Gasteiger partial charge is 0.371 e. The Kier molecular flexibility index (Phi) is 6.36. The van der Waals surface area contributed by atoms with Crippen molar-refractivity contribution in [2.75, 3.05) is 18.0 Å². The first kappa shape index (κ1) is 16.0. The summed E-state index contributed by atoms with van der Waals surface area (Å²) in [6.07, 6.45) is 0.987. The van der Waals surface area contributed by atoms with Crippen LogP contribution in [0.5, 0.6) is 0 Å². The molecule has 0 unspecified atom stereocenters. The third kappa shape index (κ3) is 5.23. The first-order chi connectivity index (χ1) is 8.93. The molecule has 2 N–H and O–H groups in total. The van der Waals surface area contributed by atoms with Crippen molar-refractivity contribution in [2.24, 2.45) is 17.6 Å². The van der Waals surface area contributed by atoms with Gasteiger partial charge in [-0.3, -0.25) is 0 Å². The minimum atomic E-state index is 0.165. The van der Waals surface area contributed by atoms with Crippen molar-refractivity contribution >= 4 is 5.69 Å². The quantitative estimate of drug-likeness (QED) is 0.797. The van der Waals surface area contributed by atoms with Crippen molar-refractivity contribution in [3.63, 3.8) is 0 Å². The Morgan fingerprint density at radius 3 is 1.79 bits per heavy atom. The molecule has 0 aliphatic rings. The second kappa shape index (κ2) is 7.54. The summed E-state index contributed by atoms with van der Waals surface area (Å²) in [4.78, 5) is 2.48. The van der Waals surface area contributed by atoms with Gasteiger partial charge in [-0.15, -0.1) is 0 Å². The van der Waals surface area contributed by atoms with Gasteiger partial charge in [0.2, 0.25) is 0 Å². The van der Waals surface area contributed by atoms with Gasteiger partial charge < -0.3 is 10.6 Å². The number of anilines is 1. The van der Waals surface area contributed by atoms with E-state index in [2.05, 4.69) is 63.8 Å². The lowest BCUT2D eigenvalue weighted by Crippen LogP contribution is -2.31. The maximum absolute atomic E-state index is 6.07. The summed E-state index contributed by atoms with van der Waals surface area (Å²) in [5, 5.41) is 0. The molecule has 0 radical (unpaired) electrons. The molecule has 0 heterocycles. The molecule has 0 spiro atoms. The predicted octanol–water partition coefficient (Wildman–Crippen LogP) is 4.21. The fourth-order valence-electron chi connectivity index (χ4n) is 2.33. The van der Waals surface area contributed by atoms with Crippen LogP contribution in [0.15, 0.2) is 24.3 Å². The number of rotatable bonds is 7. The van der Waals surface area contributed by atoms with Crippen LogP contribution in [0.1, 0.15) is 52.6 Å². The number of nitrogens with zero attached hydrogens (tertiary/aromatic N) is 1. The van der Waals surface area contributed by atoms with Gasteiger partial charge in [0, 0.05) is 24.8 Å². The van der Waals surface area contributed by atoms with E-state index in [-0.39, 0.29) is 6.04 Å². The molecule has 1 rings (SSSR count). The number of benzene rings is 1. The Hall–Kier alpha value is -1.02. The lowest BCUT2D eigenvalue weighted by atomic mass is 10.0. The highest BCUT2D eigenvalue weighted by Crippen LogP contribution is 2.21. The summed E-state index contributed by atoms with van der Waals surface area (Å²) in [7, 11) is 0. The van der Waals surface area contributed by atoms with Gasteiger partial charge in [0.1, 0.15) is 0 Å². The monoisotopic (exact) mass is 262 g/mol. The molecule has 1 atom stereocenters. The normalized spacial score (nSPS) is 13.1. The minimum absolute atomic E-state index is 0.165. The van der Waals surface area contributed by atoms with E-state index in [1.165, 1.54) is 11.3 Å². The zero-order valence-electron chi connectivity index (χ0n) is 13.2. The summed E-state index contributed by atoms with van der Waals surface area (Å²) in [6.45, 7) is 13.4. The van der Waals surface area contributed by atoms with Crippen LogP contribution < -0.4 is 10.6 Å². The van der Waals surface area contributed by atoms with Crippen LogP contribution in [0, 0.1) is 11.8 Å². The zero-order valence-corrected chi connectivity index (χ0v) is 13.2. The molecule has 0 saturated heterocycles. The van der Waals surface area contributed by atoms with Crippen LogP contribution in [-0.4, -0.2) is 13.1 Å². The van der Waals surface area contributed by atoms with Crippen molar-refractivity contribution in [3.8, 4) is 0 Å². The number of hydrogen-bond donors (Lipinski definition) is 1. The van der Waals surface area contributed by atoms with Gasteiger partial charge in [-0.25, -0.2) is 0 Å². The van der Waals surface area contributed by atoms with Gasteiger partial charge in [0.25, 0.3) is 0 Å². The first-order valence-corrected chi connectivity index (χ1v) is 7.54. The molecule has 0 aliphatic carbocycles. The molecule has 0 aromatic heterocycles. The molecule has 108 valence electrons. The molecule has 19 heavy (non-hydrogen) atoms. The van der Waals surface area contributed by atoms with Gasteiger partial charge >= 0.3 is 0 Å². The van der Waals surface area contributed by atoms with E-state index in [0.29, 0.717) is 11.8 Å². The van der Waals surface area contributed by atoms with Crippen molar-refractivity contribution in [1.82, 2.24) is 0 Å². The van der Waals surface area contributed by atoms with E-state index in [1.54, 1.807) is 0 Å². The molecule has 2 nitrogen and oxygen atoms in total. The van der Waals surface area contributed by atoms with E-state index in [0.717, 1.165) is 19.5 Å². The summed E-state index contributed by atoms with van der Waals surface area (Å²) >= 11 is 0. The zero-order chi connectivity index (χ0) is 14.4. The van der Waals surface area contributed by atoms with Crippen molar-refractivity contribution in [2.45, 2.75) is 47.1 Å². The minimum Gasteiger partial charge on any atom is -0.371 e. The average Bonchev–Trinajstić information content (AvgIpc) is 2.36. The van der Waals surface area contributed by atoms with Crippen molar-refractivity contribution in [3.05, 3.63) is 29.8 Å². The molecule has 0 amide bonds. The maximum Gasteiger partial charge on any atom is 0.0366 e. The Bertz CT molecular complexity index is 344. The third-order valence-corrected chi connectivity index (χ3v) is 3.30. The Balaban J connectivity index is 2.84. The van der Waals surface area contributed by atoms with Crippen LogP contribution in [0.4, 0.5) is 5.69 Å². The Labute approximate surface area is 119 Å². The highest BCUT2D eigenvalue weighted by atomic mass is 15.1. The average molecular weight is 262 g/mol. The topological polar surface area (TPSA) is 29.3 Å². The number of hydrogen-bond acceptors (Lipinski definition) is 2. The van der Waals surface area contributed by atoms with Crippen LogP contribution in [0.25, 0.3) is 0 Å². The molecule has 0 saturated carbocycles. The molecule has 0 bridgehead atoms. The third-order valence-electron chi connectivity index (χ3n) is 3.30. The van der Waals surface area contributed by atoms with E-state index >= 15 is 0 Å². The predicted molar refractivity (Wildman–Crippen MR) is 85.6 cm³/mol. The SMILES string of the molecule is CC[C@@H](N)c1ccc(N(CC(C)C)CC(C)C)cc1. The van der Waals surface area contributed by atoms with Crippen molar-refractivity contribution < 1.29 is 0 Å². The molecule has 1 aromatic rings. The summed E-state index contributed by atoms with van der Waals surface area (Å²) in [6, 6.07) is 8.96. The second-order valence-electron chi connectivity index (χ2n) is 6.30. The van der Waals surface area contributed by atoms with Crippen LogP contribution in [-0.2, 0) is 0 Å². The highest BCUT2D eigenvalue weighted by Gasteiger charge is 2.11. The molecule has 0 aliphatic heterocycles. The summed E-state index contributed by atoms with van der Waals surface area (Å²) < 4.78 is 0. The summed E-state index contributed by atoms with van der Waals surface area (Å²) in [5.74, 6) is 1.35. The van der Waals surface area contributed by atoms with Gasteiger partial charge in [-0.2, -0.15) is 0 Å². The standard InChI is InChI=1S/C17H30N2/c1-6-17(18)15-7-9-16(10-8-15)19(11-13(2)3)12-14(4)5/h7-10,13-14,17H,6,11-12,18H2,1-5H3/t17-/m1/s1. The lowest BCUT2D eigenvalue weighted by molar-refractivity contribution is 0.552. The van der Waals surface area contributed by atoms with Gasteiger partial charge in [-0.1, -0.05) is 46.8 Å². The van der Waals surface area contributed by atoms with Crippen LogP contribution in [0.2, 0.25) is 0 Å². The van der Waals surface area contributed by atoms with Crippen LogP contribution in [0.3, 0.4) is 0 Å². The molecule has 0 fully saturated rings. The van der Waals surface area contributed by atoms with Crippen LogP contribution >= 0.6 is 0 Å². The number of nitrogens with two attached hydrogens (primary N) is 1. The van der Waals surface area contributed by atoms with E-state index in [1.807, 2.05) is 0 Å².